The molecule has 3 nitrogen and oxygen atoms in total. The number of furan rings is 2. The third kappa shape index (κ3) is 2.90. The largest absolute Gasteiger partial charge is 0.464 e. The highest BCUT2D eigenvalue weighted by atomic mass is 32.2. The first-order valence-corrected chi connectivity index (χ1v) is 9.66. The van der Waals surface area contributed by atoms with Gasteiger partial charge in [-0.1, -0.05) is 12.2 Å². The summed E-state index contributed by atoms with van der Waals surface area (Å²) in [5, 5.41) is 1.09. The second kappa shape index (κ2) is 6.02. The average Bonchev–Trinajstić information content (AvgIpc) is 3.21. The van der Waals surface area contributed by atoms with Crippen molar-refractivity contribution >= 4 is 29.7 Å². The minimum absolute atomic E-state index is 0.278. The van der Waals surface area contributed by atoms with Crippen molar-refractivity contribution in [2.45, 2.75) is 31.9 Å². The Bertz CT molecular complexity index is 684. The molecule has 5 heteroatoms. The van der Waals surface area contributed by atoms with Crippen LogP contribution in [0, 0.1) is 0 Å². The molecule has 0 radical (unpaired) electrons. The van der Waals surface area contributed by atoms with E-state index in [0.29, 0.717) is 0 Å². The Hall–Kier alpha value is -1.38. The Balaban J connectivity index is 2.11. The molecule has 0 N–H and O–H groups in total. The van der Waals surface area contributed by atoms with Gasteiger partial charge in [0.25, 0.3) is 0 Å². The summed E-state index contributed by atoms with van der Waals surface area (Å²) in [5.41, 5.74) is 1.74. The zero-order valence-corrected chi connectivity index (χ0v) is 14.6. The molecule has 0 amide bonds. The normalized spacial score (nSPS) is 16.7. The van der Waals surface area contributed by atoms with Crippen LogP contribution in [0.4, 0.5) is 0 Å². The zero-order valence-electron chi connectivity index (χ0n) is 12.9. The van der Waals surface area contributed by atoms with Crippen LogP contribution in [0.1, 0.15) is 27.2 Å². The van der Waals surface area contributed by atoms with E-state index in [1.54, 1.807) is 12.5 Å². The summed E-state index contributed by atoms with van der Waals surface area (Å²) in [6.07, 6.45) is 8.24. The van der Waals surface area contributed by atoms with Crippen molar-refractivity contribution in [1.82, 2.24) is 0 Å². The molecule has 0 fully saturated rings. The molecule has 1 atom stereocenters. The van der Waals surface area contributed by atoms with Crippen molar-refractivity contribution in [2.24, 2.45) is 0 Å². The lowest BCUT2D eigenvalue weighted by molar-refractivity contribution is 0.593. The van der Waals surface area contributed by atoms with Crippen molar-refractivity contribution in [2.75, 3.05) is 0 Å². The summed E-state index contributed by atoms with van der Waals surface area (Å²) in [5.74, 6) is 0. The highest BCUT2D eigenvalue weighted by Crippen LogP contribution is 2.49. The Kier molecular flexibility index (Phi) is 4.24. The first kappa shape index (κ1) is 15.5. The lowest BCUT2D eigenvalue weighted by Crippen LogP contribution is -2.23. The maximum atomic E-state index is 12.9. The molecule has 116 valence electrons. The summed E-state index contributed by atoms with van der Waals surface area (Å²) in [6.45, 7) is 6.02. The molecule has 2 aromatic rings. The van der Waals surface area contributed by atoms with Crippen LogP contribution < -0.4 is 11.0 Å². The van der Waals surface area contributed by atoms with E-state index in [9.17, 15) is 4.21 Å². The van der Waals surface area contributed by atoms with Gasteiger partial charge in [-0.05, 0) is 51.5 Å². The van der Waals surface area contributed by atoms with Gasteiger partial charge in [0.1, 0.15) is 11.0 Å². The van der Waals surface area contributed by atoms with Crippen LogP contribution in [-0.4, -0.2) is 8.96 Å². The van der Waals surface area contributed by atoms with Crippen LogP contribution in [0.2, 0.25) is 0 Å². The molecular formula is C17H19O3PS. The molecule has 1 unspecified atom stereocenters. The third-order valence-corrected chi connectivity index (χ3v) is 7.73. The quantitative estimate of drug-likeness (QED) is 0.793. The van der Waals surface area contributed by atoms with E-state index in [2.05, 4.69) is 12.2 Å². The molecule has 3 rings (SSSR count). The molecule has 2 heterocycles. The van der Waals surface area contributed by atoms with Gasteiger partial charge in [-0.15, -0.1) is 0 Å². The number of hydrogen-bond acceptors (Lipinski definition) is 3. The van der Waals surface area contributed by atoms with Crippen molar-refractivity contribution in [1.29, 1.82) is 0 Å². The highest BCUT2D eigenvalue weighted by molar-refractivity contribution is 7.91. The van der Waals surface area contributed by atoms with Crippen LogP contribution in [0.15, 0.2) is 68.0 Å². The minimum atomic E-state index is -1.04. The van der Waals surface area contributed by atoms with Crippen LogP contribution >= 0.6 is 7.92 Å². The monoisotopic (exact) mass is 334 g/mol. The van der Waals surface area contributed by atoms with Crippen molar-refractivity contribution in [3.05, 3.63) is 59.2 Å². The second-order valence-electron chi connectivity index (χ2n) is 6.03. The summed E-state index contributed by atoms with van der Waals surface area (Å²) in [6, 6.07) is 7.69. The summed E-state index contributed by atoms with van der Waals surface area (Å²) in [7, 11) is -1.97. The molecule has 1 aliphatic rings. The maximum Gasteiger partial charge on any atom is 0.137 e. The second-order valence-corrected chi connectivity index (χ2v) is 10.3. The van der Waals surface area contributed by atoms with E-state index in [1.807, 2.05) is 45.0 Å². The van der Waals surface area contributed by atoms with Crippen LogP contribution in [-0.2, 0) is 10.8 Å². The van der Waals surface area contributed by atoms with Crippen LogP contribution in [0.5, 0.6) is 0 Å². The molecule has 1 aliphatic carbocycles. The van der Waals surface area contributed by atoms with Crippen molar-refractivity contribution in [3.63, 3.8) is 0 Å². The van der Waals surface area contributed by atoms with E-state index < -0.39 is 18.7 Å². The Morgan fingerprint density at radius 1 is 1.09 bits per heavy atom. The molecule has 0 aliphatic heterocycles. The van der Waals surface area contributed by atoms with Crippen LogP contribution in [0.3, 0.4) is 0 Å². The Morgan fingerprint density at radius 3 is 2.14 bits per heavy atom. The zero-order chi connectivity index (χ0) is 15.7. The van der Waals surface area contributed by atoms with Gasteiger partial charge in [-0.3, -0.25) is 4.21 Å². The molecule has 0 aromatic carbocycles. The van der Waals surface area contributed by atoms with E-state index in [4.69, 9.17) is 8.83 Å². The average molecular weight is 334 g/mol. The predicted molar refractivity (Wildman–Crippen MR) is 92.3 cm³/mol. The van der Waals surface area contributed by atoms with Gasteiger partial charge in [0.2, 0.25) is 0 Å². The van der Waals surface area contributed by atoms with Gasteiger partial charge < -0.3 is 8.83 Å². The molecule has 0 saturated heterocycles. The van der Waals surface area contributed by atoms with Gasteiger partial charge in [-0.25, -0.2) is 0 Å². The van der Waals surface area contributed by atoms with E-state index in [0.717, 1.165) is 27.6 Å². The number of hydrogen-bond donors (Lipinski definition) is 0. The molecule has 22 heavy (non-hydrogen) atoms. The molecule has 0 saturated carbocycles. The van der Waals surface area contributed by atoms with Crippen molar-refractivity contribution < 1.29 is 13.0 Å². The van der Waals surface area contributed by atoms with Gasteiger partial charge in [0.15, 0.2) is 0 Å². The lowest BCUT2D eigenvalue weighted by Gasteiger charge is -2.22. The molecular weight excluding hydrogens is 315 g/mol. The standard InChI is InChI=1S/C17H19O3PS/c1-17(2,3)22(18)14-8-4-7-13(14)21(15-9-5-11-19-15)16-10-6-12-20-16/h4-7,9-12H,8H2,1-3H3. The molecule has 2 aromatic heterocycles. The molecule has 0 bridgehead atoms. The van der Waals surface area contributed by atoms with E-state index in [1.165, 1.54) is 0 Å². The number of allylic oxidation sites excluding steroid dienone is 4. The first-order chi connectivity index (χ1) is 10.5. The lowest BCUT2D eigenvalue weighted by atomic mass is 10.3. The maximum absolute atomic E-state index is 12.9. The smallest absolute Gasteiger partial charge is 0.137 e. The highest BCUT2D eigenvalue weighted by Gasteiger charge is 2.32. The third-order valence-electron chi connectivity index (χ3n) is 3.34. The fraction of sp³-hybridized carbons (Fsp3) is 0.294. The van der Waals surface area contributed by atoms with Crippen LogP contribution in [0.25, 0.3) is 0 Å². The fourth-order valence-electron chi connectivity index (χ4n) is 2.35. The summed E-state index contributed by atoms with van der Waals surface area (Å²) >= 11 is 0. The fourth-order valence-corrected chi connectivity index (χ4v) is 6.21. The van der Waals surface area contributed by atoms with Gasteiger partial charge in [0, 0.05) is 15.0 Å². The van der Waals surface area contributed by atoms with Gasteiger partial charge in [0.05, 0.1) is 31.2 Å². The van der Waals surface area contributed by atoms with E-state index in [-0.39, 0.29) is 4.75 Å². The predicted octanol–water partition coefficient (Wildman–Crippen LogP) is 4.02. The number of rotatable bonds is 4. The van der Waals surface area contributed by atoms with Gasteiger partial charge >= 0.3 is 0 Å². The topological polar surface area (TPSA) is 43.4 Å². The summed E-state index contributed by atoms with van der Waals surface area (Å²) in [4.78, 5) is 0.992. The minimum Gasteiger partial charge on any atom is -0.464 e. The van der Waals surface area contributed by atoms with Crippen molar-refractivity contribution in [3.8, 4) is 0 Å². The first-order valence-electron chi connectivity index (χ1n) is 7.17. The molecule has 0 spiro atoms. The summed E-state index contributed by atoms with van der Waals surface area (Å²) < 4.78 is 23.9. The Morgan fingerprint density at radius 2 is 1.68 bits per heavy atom. The Labute approximate surface area is 134 Å². The SMILES string of the molecule is CC(C)(C)S(=O)C1=C(P(c2ccco2)c2ccco2)C=CC1. The van der Waals surface area contributed by atoms with Gasteiger partial charge in [-0.2, -0.15) is 0 Å². The van der Waals surface area contributed by atoms with E-state index >= 15 is 0 Å².